The molecule has 0 N–H and O–H groups in total. The quantitative estimate of drug-likeness (QED) is 0.717. The number of methoxy groups -OCH3 is 3. The van der Waals surface area contributed by atoms with Gasteiger partial charge in [-0.25, -0.2) is 0 Å². The average molecular weight is 224 g/mol. The molecular weight excluding hydrogens is 208 g/mol. The molecule has 16 heavy (non-hydrogen) atoms. The van der Waals surface area contributed by atoms with Crippen molar-refractivity contribution in [1.29, 1.82) is 0 Å². The Morgan fingerprint density at radius 3 is 2.38 bits per heavy atom. The van der Waals surface area contributed by atoms with Gasteiger partial charge in [0, 0.05) is 13.2 Å². The van der Waals surface area contributed by atoms with Gasteiger partial charge in [-0.3, -0.25) is 4.79 Å². The van der Waals surface area contributed by atoms with E-state index >= 15 is 0 Å². The SMILES string of the molecule is COc1ccc(C(=O)C(C)OC)c(OC)c1. The third-order valence-electron chi connectivity index (χ3n) is 2.40. The van der Waals surface area contributed by atoms with Crippen LogP contribution in [0.5, 0.6) is 11.5 Å². The van der Waals surface area contributed by atoms with Gasteiger partial charge in [-0.1, -0.05) is 0 Å². The molecule has 0 aliphatic carbocycles. The smallest absolute Gasteiger partial charge is 0.194 e. The largest absolute Gasteiger partial charge is 0.497 e. The fourth-order valence-corrected chi connectivity index (χ4v) is 1.33. The molecule has 0 saturated heterocycles. The van der Waals surface area contributed by atoms with E-state index < -0.39 is 6.10 Å². The van der Waals surface area contributed by atoms with Gasteiger partial charge in [-0.2, -0.15) is 0 Å². The minimum atomic E-state index is -0.484. The van der Waals surface area contributed by atoms with Crippen molar-refractivity contribution in [2.75, 3.05) is 21.3 Å². The summed E-state index contributed by atoms with van der Waals surface area (Å²) >= 11 is 0. The van der Waals surface area contributed by atoms with Gasteiger partial charge in [-0.15, -0.1) is 0 Å². The Bertz CT molecular complexity index is 373. The van der Waals surface area contributed by atoms with Gasteiger partial charge >= 0.3 is 0 Å². The van der Waals surface area contributed by atoms with E-state index in [1.54, 1.807) is 32.2 Å². The number of hydrogen-bond acceptors (Lipinski definition) is 4. The van der Waals surface area contributed by atoms with Crippen LogP contribution in [0.25, 0.3) is 0 Å². The van der Waals surface area contributed by atoms with Crippen LogP contribution in [0.4, 0.5) is 0 Å². The van der Waals surface area contributed by atoms with Crippen LogP contribution in [0.1, 0.15) is 17.3 Å². The molecule has 0 fully saturated rings. The highest BCUT2D eigenvalue weighted by Crippen LogP contribution is 2.25. The number of rotatable bonds is 5. The number of carbonyl (C=O) groups excluding carboxylic acids is 1. The van der Waals surface area contributed by atoms with Crippen molar-refractivity contribution in [3.05, 3.63) is 23.8 Å². The maximum absolute atomic E-state index is 11.9. The fraction of sp³-hybridized carbons (Fsp3) is 0.417. The number of benzene rings is 1. The zero-order valence-corrected chi connectivity index (χ0v) is 9.94. The zero-order valence-electron chi connectivity index (χ0n) is 9.94. The standard InChI is InChI=1S/C12H16O4/c1-8(14-2)12(13)10-6-5-9(15-3)7-11(10)16-4/h5-8H,1-4H3. The summed E-state index contributed by atoms with van der Waals surface area (Å²) < 4.78 is 15.2. The highest BCUT2D eigenvalue weighted by molar-refractivity contribution is 6.01. The van der Waals surface area contributed by atoms with Crippen LogP contribution < -0.4 is 9.47 Å². The van der Waals surface area contributed by atoms with Crippen LogP contribution in [0.3, 0.4) is 0 Å². The van der Waals surface area contributed by atoms with Crippen molar-refractivity contribution in [2.45, 2.75) is 13.0 Å². The molecule has 4 heteroatoms. The van der Waals surface area contributed by atoms with Gasteiger partial charge in [0.2, 0.25) is 0 Å². The first-order chi connectivity index (χ1) is 7.63. The molecule has 1 rings (SSSR count). The molecule has 1 atom stereocenters. The first kappa shape index (κ1) is 12.5. The first-order valence-corrected chi connectivity index (χ1v) is 4.93. The van der Waals surface area contributed by atoms with Crippen LogP contribution in [0.2, 0.25) is 0 Å². The number of ether oxygens (including phenoxy) is 3. The van der Waals surface area contributed by atoms with E-state index in [1.807, 2.05) is 0 Å². The molecule has 1 aromatic rings. The number of hydrogen-bond donors (Lipinski definition) is 0. The van der Waals surface area contributed by atoms with Gasteiger partial charge in [0.1, 0.15) is 17.6 Å². The third-order valence-corrected chi connectivity index (χ3v) is 2.40. The summed E-state index contributed by atoms with van der Waals surface area (Å²) in [5.41, 5.74) is 0.498. The lowest BCUT2D eigenvalue weighted by molar-refractivity contribution is 0.0652. The van der Waals surface area contributed by atoms with Crippen molar-refractivity contribution in [1.82, 2.24) is 0 Å². The van der Waals surface area contributed by atoms with Crippen LogP contribution in [0.15, 0.2) is 18.2 Å². The molecule has 0 amide bonds. The van der Waals surface area contributed by atoms with Crippen molar-refractivity contribution in [3.8, 4) is 11.5 Å². The first-order valence-electron chi connectivity index (χ1n) is 4.93. The molecule has 0 aliphatic heterocycles. The maximum atomic E-state index is 11.9. The Labute approximate surface area is 95.1 Å². The highest BCUT2D eigenvalue weighted by atomic mass is 16.5. The van der Waals surface area contributed by atoms with E-state index in [0.29, 0.717) is 17.1 Å². The maximum Gasteiger partial charge on any atom is 0.194 e. The average Bonchev–Trinajstić information content (AvgIpc) is 2.35. The van der Waals surface area contributed by atoms with Gasteiger partial charge < -0.3 is 14.2 Å². The molecule has 0 spiro atoms. The summed E-state index contributed by atoms with van der Waals surface area (Å²) in [6.07, 6.45) is -0.484. The molecule has 0 heterocycles. The summed E-state index contributed by atoms with van der Waals surface area (Å²) in [6.45, 7) is 1.70. The monoisotopic (exact) mass is 224 g/mol. The molecule has 0 radical (unpaired) electrons. The van der Waals surface area contributed by atoms with Crippen molar-refractivity contribution in [2.24, 2.45) is 0 Å². The van der Waals surface area contributed by atoms with Crippen LogP contribution in [-0.4, -0.2) is 33.2 Å². The Morgan fingerprint density at radius 2 is 1.88 bits per heavy atom. The predicted octanol–water partition coefficient (Wildman–Crippen LogP) is 1.92. The molecule has 0 aliphatic rings. The molecule has 4 nitrogen and oxygen atoms in total. The van der Waals surface area contributed by atoms with E-state index in [1.165, 1.54) is 14.2 Å². The normalized spacial score (nSPS) is 12.0. The van der Waals surface area contributed by atoms with E-state index in [9.17, 15) is 4.79 Å². The van der Waals surface area contributed by atoms with Gasteiger partial charge in [0.25, 0.3) is 0 Å². The van der Waals surface area contributed by atoms with Crippen LogP contribution in [-0.2, 0) is 4.74 Å². The molecule has 1 unspecified atom stereocenters. The van der Waals surface area contributed by atoms with E-state index in [2.05, 4.69) is 0 Å². The van der Waals surface area contributed by atoms with Crippen molar-refractivity contribution < 1.29 is 19.0 Å². The fourth-order valence-electron chi connectivity index (χ4n) is 1.33. The second kappa shape index (κ2) is 5.51. The van der Waals surface area contributed by atoms with E-state index in [-0.39, 0.29) is 5.78 Å². The Balaban J connectivity index is 3.08. The minimum absolute atomic E-state index is 0.109. The lowest BCUT2D eigenvalue weighted by Crippen LogP contribution is -2.19. The molecule has 0 bridgehead atoms. The molecule has 0 aromatic heterocycles. The van der Waals surface area contributed by atoms with Crippen LogP contribution in [0, 0.1) is 0 Å². The topological polar surface area (TPSA) is 44.8 Å². The Hall–Kier alpha value is -1.55. The van der Waals surface area contributed by atoms with Gasteiger partial charge in [0.15, 0.2) is 5.78 Å². The van der Waals surface area contributed by atoms with Crippen LogP contribution >= 0.6 is 0 Å². The van der Waals surface area contributed by atoms with Crippen molar-refractivity contribution >= 4 is 5.78 Å². The lowest BCUT2D eigenvalue weighted by Gasteiger charge is -2.12. The number of ketones is 1. The second-order valence-electron chi connectivity index (χ2n) is 3.31. The minimum Gasteiger partial charge on any atom is -0.497 e. The Morgan fingerprint density at radius 1 is 1.19 bits per heavy atom. The summed E-state index contributed by atoms with van der Waals surface area (Å²) in [4.78, 5) is 11.9. The third kappa shape index (κ3) is 2.52. The summed E-state index contributed by atoms with van der Waals surface area (Å²) in [6, 6.07) is 5.07. The van der Waals surface area contributed by atoms with Gasteiger partial charge in [-0.05, 0) is 19.1 Å². The summed E-state index contributed by atoms with van der Waals surface area (Å²) in [5.74, 6) is 1.04. The lowest BCUT2D eigenvalue weighted by atomic mass is 10.1. The Kier molecular flexibility index (Phi) is 4.31. The zero-order chi connectivity index (χ0) is 12.1. The highest BCUT2D eigenvalue weighted by Gasteiger charge is 2.18. The molecular formula is C12H16O4. The predicted molar refractivity (Wildman–Crippen MR) is 60.3 cm³/mol. The van der Waals surface area contributed by atoms with Crippen molar-refractivity contribution in [3.63, 3.8) is 0 Å². The number of Topliss-reactive ketones (excluding diaryl/α,β-unsaturated/α-hetero) is 1. The van der Waals surface area contributed by atoms with E-state index in [4.69, 9.17) is 14.2 Å². The number of carbonyl (C=O) groups is 1. The summed E-state index contributed by atoms with van der Waals surface area (Å²) in [5, 5.41) is 0. The molecule has 88 valence electrons. The summed E-state index contributed by atoms with van der Waals surface area (Å²) in [7, 11) is 4.58. The molecule has 0 saturated carbocycles. The van der Waals surface area contributed by atoms with E-state index in [0.717, 1.165) is 0 Å². The second-order valence-corrected chi connectivity index (χ2v) is 3.31. The molecule has 1 aromatic carbocycles. The van der Waals surface area contributed by atoms with Gasteiger partial charge in [0.05, 0.1) is 19.8 Å².